The Hall–Kier alpha value is -4.50. The van der Waals surface area contributed by atoms with Gasteiger partial charge in [-0.15, -0.1) is 0 Å². The minimum absolute atomic E-state index is 0.0301. The molecular formula is C34H36ClF3N4O7S. The fourth-order valence-electron chi connectivity index (χ4n) is 5.61. The van der Waals surface area contributed by atoms with Gasteiger partial charge in [-0.1, -0.05) is 55.8 Å². The lowest BCUT2D eigenvalue weighted by Gasteiger charge is -2.30. The van der Waals surface area contributed by atoms with Crippen molar-refractivity contribution in [3.05, 3.63) is 94.8 Å². The fraction of sp³-hybridized carbons (Fsp3) is 0.382. The molecule has 1 fully saturated rings. The summed E-state index contributed by atoms with van der Waals surface area (Å²) < 4.78 is 73.0. The molecular weight excluding hydrogens is 701 g/mol. The summed E-state index contributed by atoms with van der Waals surface area (Å²) in [6.45, 7) is 2.10. The summed E-state index contributed by atoms with van der Waals surface area (Å²) in [6.07, 6.45) is -4.52. The van der Waals surface area contributed by atoms with Crippen molar-refractivity contribution >= 4 is 44.9 Å². The van der Waals surface area contributed by atoms with Gasteiger partial charge < -0.3 is 20.3 Å². The molecule has 0 spiro atoms. The van der Waals surface area contributed by atoms with Gasteiger partial charge in [0.15, 0.2) is 9.84 Å². The second-order valence-electron chi connectivity index (χ2n) is 12.2. The van der Waals surface area contributed by atoms with Crippen molar-refractivity contribution in [3.8, 4) is 5.75 Å². The van der Waals surface area contributed by atoms with Crippen molar-refractivity contribution in [2.45, 2.75) is 62.0 Å². The zero-order valence-corrected chi connectivity index (χ0v) is 28.9. The maximum atomic E-state index is 14.4. The highest BCUT2D eigenvalue weighted by Gasteiger charge is 2.49. The van der Waals surface area contributed by atoms with Crippen molar-refractivity contribution in [1.82, 2.24) is 20.5 Å². The van der Waals surface area contributed by atoms with Crippen molar-refractivity contribution in [2.24, 2.45) is 5.92 Å². The molecule has 2 N–H and O–H groups in total. The van der Waals surface area contributed by atoms with Gasteiger partial charge in [-0.2, -0.15) is 13.2 Å². The average Bonchev–Trinajstić information content (AvgIpc) is 3.53. The maximum Gasteiger partial charge on any atom is 0.452 e. The van der Waals surface area contributed by atoms with E-state index in [1.54, 1.807) is 60.7 Å². The van der Waals surface area contributed by atoms with Crippen molar-refractivity contribution in [1.29, 1.82) is 0 Å². The number of nitrogens with zero attached hydrogens (tertiary/aromatic N) is 2. The number of amides is 3. The number of nitrogens with one attached hydrogen (secondary N) is 2. The molecule has 2 aromatic carbocycles. The van der Waals surface area contributed by atoms with Gasteiger partial charge in [0.2, 0.25) is 11.8 Å². The predicted octanol–water partition coefficient (Wildman–Crippen LogP) is 3.94. The van der Waals surface area contributed by atoms with Gasteiger partial charge >= 0.3 is 6.18 Å². The van der Waals surface area contributed by atoms with E-state index < -0.39 is 87.5 Å². The average molecular weight is 737 g/mol. The fourth-order valence-corrected chi connectivity index (χ4v) is 7.58. The van der Waals surface area contributed by atoms with Gasteiger partial charge in [-0.25, -0.2) is 8.42 Å². The van der Waals surface area contributed by atoms with Crippen LogP contribution in [-0.4, -0.2) is 85.0 Å². The van der Waals surface area contributed by atoms with Crippen LogP contribution in [-0.2, 0) is 36.4 Å². The minimum Gasteiger partial charge on any atom is -0.497 e. The molecule has 3 amide bonds. The SMILES string of the molecule is COc1ccc(CS(=O)(=O)[C@@H]2C[C@@H](C(=O)NC(C(=O)C(F)(F)F)C(C)C)N(C(=O)C(Cc3cccc(Cl)c3)NC(=O)c3ccccn3)C2)cc1. The first-order valence-corrected chi connectivity index (χ1v) is 17.6. The van der Waals surface area contributed by atoms with E-state index in [0.717, 1.165) is 4.90 Å². The summed E-state index contributed by atoms with van der Waals surface area (Å²) in [7, 11) is -2.63. The Morgan fingerprint density at radius 1 is 1.00 bits per heavy atom. The van der Waals surface area contributed by atoms with Gasteiger partial charge in [0.1, 0.15) is 23.5 Å². The summed E-state index contributed by atoms with van der Waals surface area (Å²) in [5, 5.41) is 3.74. The molecule has 16 heteroatoms. The number of halogens is 4. The number of alkyl halides is 3. The molecule has 0 aliphatic carbocycles. The van der Waals surface area contributed by atoms with E-state index in [9.17, 15) is 40.8 Å². The summed E-state index contributed by atoms with van der Waals surface area (Å²) in [4.78, 5) is 58.5. The van der Waals surface area contributed by atoms with Gasteiger partial charge in [0.25, 0.3) is 11.7 Å². The van der Waals surface area contributed by atoms with E-state index in [2.05, 4.69) is 15.6 Å². The first-order chi connectivity index (χ1) is 23.5. The van der Waals surface area contributed by atoms with E-state index in [-0.39, 0.29) is 12.1 Å². The Morgan fingerprint density at radius 2 is 1.70 bits per heavy atom. The number of hydrogen-bond acceptors (Lipinski definition) is 8. The summed E-state index contributed by atoms with van der Waals surface area (Å²) in [5.41, 5.74) is 0.878. The quantitative estimate of drug-likeness (QED) is 0.268. The molecule has 50 heavy (non-hydrogen) atoms. The number of aromatic nitrogens is 1. The maximum absolute atomic E-state index is 14.4. The highest BCUT2D eigenvalue weighted by Crippen LogP contribution is 2.29. The lowest BCUT2D eigenvalue weighted by molar-refractivity contribution is -0.175. The Bertz CT molecular complexity index is 1810. The van der Waals surface area contributed by atoms with Crippen LogP contribution in [0.1, 0.15) is 41.9 Å². The number of carbonyl (C=O) groups excluding carboxylic acids is 4. The molecule has 4 atom stereocenters. The molecule has 0 radical (unpaired) electrons. The Labute approximate surface area is 292 Å². The zero-order valence-electron chi connectivity index (χ0n) is 27.3. The number of rotatable bonds is 13. The highest BCUT2D eigenvalue weighted by molar-refractivity contribution is 7.91. The zero-order chi connectivity index (χ0) is 36.8. The van der Waals surface area contributed by atoms with E-state index in [1.807, 2.05) is 0 Å². The lowest BCUT2D eigenvalue weighted by Crippen LogP contribution is -2.57. The molecule has 0 bridgehead atoms. The third-order valence-electron chi connectivity index (χ3n) is 8.24. The van der Waals surface area contributed by atoms with E-state index >= 15 is 0 Å². The highest BCUT2D eigenvalue weighted by atomic mass is 35.5. The van der Waals surface area contributed by atoms with Crippen LogP contribution in [0.4, 0.5) is 13.2 Å². The van der Waals surface area contributed by atoms with Crippen LogP contribution in [0.5, 0.6) is 5.75 Å². The molecule has 3 aromatic rings. The van der Waals surface area contributed by atoms with Gasteiger partial charge in [0, 0.05) is 24.2 Å². The van der Waals surface area contributed by atoms with Crippen LogP contribution < -0.4 is 15.4 Å². The third-order valence-corrected chi connectivity index (χ3v) is 10.6. The molecule has 1 aromatic heterocycles. The third kappa shape index (κ3) is 9.59. The number of pyridine rings is 1. The van der Waals surface area contributed by atoms with E-state index in [0.29, 0.717) is 21.9 Å². The van der Waals surface area contributed by atoms with Gasteiger partial charge in [0.05, 0.1) is 24.2 Å². The second-order valence-corrected chi connectivity index (χ2v) is 14.9. The summed E-state index contributed by atoms with van der Waals surface area (Å²) >= 11 is 6.16. The molecule has 0 saturated carbocycles. The lowest BCUT2D eigenvalue weighted by atomic mass is 9.98. The Morgan fingerprint density at radius 3 is 2.28 bits per heavy atom. The monoisotopic (exact) mass is 736 g/mol. The second kappa shape index (κ2) is 16.0. The van der Waals surface area contributed by atoms with Crippen LogP contribution in [0, 0.1) is 5.92 Å². The molecule has 1 saturated heterocycles. The van der Waals surface area contributed by atoms with Crippen LogP contribution in [0.2, 0.25) is 5.02 Å². The topological polar surface area (TPSA) is 152 Å². The molecule has 2 unspecified atom stereocenters. The number of carbonyl (C=O) groups is 4. The van der Waals surface area contributed by atoms with E-state index in [4.69, 9.17) is 16.3 Å². The number of hydrogen-bond donors (Lipinski definition) is 2. The summed E-state index contributed by atoms with van der Waals surface area (Å²) in [6, 6.07) is 12.2. The number of benzene rings is 2. The number of ether oxygens (including phenoxy) is 1. The number of sulfone groups is 1. The van der Waals surface area contributed by atoms with Gasteiger partial charge in [-0.05, 0) is 59.9 Å². The molecule has 1 aliphatic heterocycles. The predicted molar refractivity (Wildman–Crippen MR) is 178 cm³/mol. The van der Waals surface area contributed by atoms with Gasteiger partial charge in [-0.3, -0.25) is 24.2 Å². The molecule has 1 aliphatic rings. The van der Waals surface area contributed by atoms with Crippen LogP contribution in [0.25, 0.3) is 0 Å². The largest absolute Gasteiger partial charge is 0.497 e. The van der Waals surface area contributed by atoms with Crippen molar-refractivity contribution < 1.29 is 45.5 Å². The molecule has 4 rings (SSSR count). The number of methoxy groups -OCH3 is 1. The van der Waals surface area contributed by atoms with Crippen LogP contribution in [0.15, 0.2) is 72.9 Å². The molecule has 11 nitrogen and oxygen atoms in total. The number of likely N-dealkylation sites (tertiary alicyclic amines) is 1. The molecule has 2 heterocycles. The Kier molecular flexibility index (Phi) is 12.3. The van der Waals surface area contributed by atoms with Crippen molar-refractivity contribution in [3.63, 3.8) is 0 Å². The first kappa shape index (κ1) is 38.3. The van der Waals surface area contributed by atoms with Crippen molar-refractivity contribution in [2.75, 3.05) is 13.7 Å². The minimum atomic E-state index is -5.27. The number of ketones is 1. The number of Topliss-reactive ketones (excluding diaryl/α,β-unsaturated/α-hetero) is 1. The Balaban J connectivity index is 1.70. The summed E-state index contributed by atoms with van der Waals surface area (Å²) in [5.74, 6) is -5.93. The van der Waals surface area contributed by atoms with Crippen LogP contribution in [0.3, 0.4) is 0 Å². The standard InChI is InChI=1S/C34H36ClF3N4O7S/c1-20(2)29(30(43)34(36,37)38)41-32(45)28-17-25(50(47,48)19-21-10-12-24(49-3)13-11-21)18-42(28)33(46)27(16-22-7-6-8-23(35)15-22)40-31(44)26-9-4-5-14-39-26/h4-15,20,25,27-29H,16-19H2,1-3H3,(H,40,44)(H,41,45)/t25-,27?,28+,29?/m1/s1. The first-order valence-electron chi connectivity index (χ1n) is 15.5. The molecule has 268 valence electrons. The van der Waals surface area contributed by atoms with E-state index in [1.165, 1.54) is 33.2 Å². The smallest absolute Gasteiger partial charge is 0.452 e. The van der Waals surface area contributed by atoms with Crippen LogP contribution >= 0.6 is 11.6 Å². The normalized spacial score (nSPS) is 17.6.